The lowest BCUT2D eigenvalue weighted by Gasteiger charge is -2.09. The van der Waals surface area contributed by atoms with E-state index < -0.39 is 5.97 Å². The highest BCUT2D eigenvalue weighted by Gasteiger charge is 2.11. The first-order chi connectivity index (χ1) is 12.7. The van der Waals surface area contributed by atoms with Crippen molar-refractivity contribution in [2.24, 2.45) is 0 Å². The fourth-order valence-electron chi connectivity index (χ4n) is 2.30. The Morgan fingerprint density at radius 1 is 1.08 bits per heavy atom. The van der Waals surface area contributed by atoms with E-state index in [1.165, 1.54) is 7.11 Å². The molecule has 26 heavy (non-hydrogen) atoms. The molecule has 0 amide bonds. The van der Waals surface area contributed by atoms with Crippen molar-refractivity contribution in [2.45, 2.75) is 13.5 Å². The van der Waals surface area contributed by atoms with E-state index in [1.54, 1.807) is 24.3 Å². The molecule has 0 fully saturated rings. The molecule has 0 atom stereocenters. The molecular formula is C20H19NO5. The summed E-state index contributed by atoms with van der Waals surface area (Å²) in [4.78, 5) is 11.9. The predicted octanol–water partition coefficient (Wildman–Crippen LogP) is 3.78. The minimum absolute atomic E-state index is 0.0173. The van der Waals surface area contributed by atoms with E-state index >= 15 is 0 Å². The Labute approximate surface area is 151 Å². The number of ether oxygens (including phenoxy) is 3. The van der Waals surface area contributed by atoms with Crippen molar-refractivity contribution in [2.75, 3.05) is 13.7 Å². The van der Waals surface area contributed by atoms with Crippen LogP contribution in [-0.2, 0) is 16.1 Å². The Hall–Kier alpha value is -3.28. The van der Waals surface area contributed by atoms with Crippen LogP contribution >= 0.6 is 0 Å². The number of esters is 1. The molecule has 0 saturated carbocycles. The van der Waals surface area contributed by atoms with Gasteiger partial charge in [-0.3, -0.25) is 0 Å². The second-order valence-electron chi connectivity index (χ2n) is 5.65. The standard InChI is InChI=1S/C20H19NO5/c1-14-7-9-15(10-8-14)19-11-16(21-26-19)12-25-20(22)13-24-18-6-4-3-5-17(18)23-2/h3-11H,12-13H2,1-2H3. The van der Waals surface area contributed by atoms with E-state index in [1.807, 2.05) is 37.3 Å². The van der Waals surface area contributed by atoms with E-state index in [4.69, 9.17) is 18.7 Å². The Morgan fingerprint density at radius 3 is 2.54 bits per heavy atom. The van der Waals surface area contributed by atoms with Crippen LogP contribution in [0.1, 0.15) is 11.3 Å². The Kier molecular flexibility index (Phi) is 5.53. The molecule has 0 N–H and O–H groups in total. The molecule has 0 aliphatic heterocycles. The second-order valence-corrected chi connectivity index (χ2v) is 5.65. The predicted molar refractivity (Wildman–Crippen MR) is 95.0 cm³/mol. The summed E-state index contributed by atoms with van der Waals surface area (Å²) < 4.78 is 21.0. The minimum Gasteiger partial charge on any atom is -0.493 e. The number of hydrogen-bond acceptors (Lipinski definition) is 6. The minimum atomic E-state index is -0.504. The molecule has 0 aliphatic rings. The molecule has 0 unspecified atom stereocenters. The van der Waals surface area contributed by atoms with Crippen LogP contribution in [0.15, 0.2) is 59.1 Å². The van der Waals surface area contributed by atoms with Crippen LogP contribution in [0.25, 0.3) is 11.3 Å². The second kappa shape index (κ2) is 8.20. The molecule has 0 bridgehead atoms. The largest absolute Gasteiger partial charge is 0.493 e. The lowest BCUT2D eigenvalue weighted by Crippen LogP contribution is -2.15. The Balaban J connectivity index is 1.51. The Bertz CT molecular complexity index is 870. The number of hydrogen-bond donors (Lipinski definition) is 0. The summed E-state index contributed by atoms with van der Waals surface area (Å²) in [5, 5.41) is 3.92. The van der Waals surface area contributed by atoms with Gasteiger partial charge in [0.05, 0.1) is 7.11 Å². The lowest BCUT2D eigenvalue weighted by molar-refractivity contribution is -0.147. The van der Waals surface area contributed by atoms with Crippen LogP contribution in [0.3, 0.4) is 0 Å². The highest BCUT2D eigenvalue weighted by molar-refractivity contribution is 5.71. The number of nitrogens with zero attached hydrogens (tertiary/aromatic N) is 1. The summed E-state index contributed by atoms with van der Waals surface area (Å²) in [6.07, 6.45) is 0. The van der Waals surface area contributed by atoms with Gasteiger partial charge in [-0.05, 0) is 19.1 Å². The van der Waals surface area contributed by atoms with Crippen molar-refractivity contribution in [1.29, 1.82) is 0 Å². The van der Waals surface area contributed by atoms with Gasteiger partial charge in [0.2, 0.25) is 0 Å². The molecule has 0 radical (unpaired) electrons. The maximum absolute atomic E-state index is 11.9. The van der Waals surface area contributed by atoms with Gasteiger partial charge in [0, 0.05) is 11.6 Å². The van der Waals surface area contributed by atoms with Gasteiger partial charge in [-0.2, -0.15) is 0 Å². The van der Waals surface area contributed by atoms with Gasteiger partial charge < -0.3 is 18.7 Å². The number of carbonyl (C=O) groups is 1. The number of para-hydroxylation sites is 2. The molecule has 1 heterocycles. The molecule has 0 saturated heterocycles. The van der Waals surface area contributed by atoms with Crippen LogP contribution in [0.2, 0.25) is 0 Å². The molecule has 0 aliphatic carbocycles. The Morgan fingerprint density at radius 2 is 1.81 bits per heavy atom. The van der Waals surface area contributed by atoms with E-state index in [-0.39, 0.29) is 13.2 Å². The zero-order valence-corrected chi connectivity index (χ0v) is 14.6. The number of carbonyl (C=O) groups excluding carboxylic acids is 1. The van der Waals surface area contributed by atoms with Gasteiger partial charge in [0.25, 0.3) is 0 Å². The first-order valence-corrected chi connectivity index (χ1v) is 8.10. The highest BCUT2D eigenvalue weighted by Crippen LogP contribution is 2.25. The molecule has 3 aromatic rings. The van der Waals surface area contributed by atoms with Crippen molar-refractivity contribution in [3.8, 4) is 22.8 Å². The van der Waals surface area contributed by atoms with E-state index in [9.17, 15) is 4.79 Å². The molecule has 2 aromatic carbocycles. The highest BCUT2D eigenvalue weighted by atomic mass is 16.6. The lowest BCUT2D eigenvalue weighted by atomic mass is 10.1. The monoisotopic (exact) mass is 353 g/mol. The molecule has 1 aromatic heterocycles. The number of rotatable bonds is 7. The van der Waals surface area contributed by atoms with Crippen molar-refractivity contribution in [1.82, 2.24) is 5.16 Å². The summed E-state index contributed by atoms with van der Waals surface area (Å²) in [6.45, 7) is 1.81. The van der Waals surface area contributed by atoms with E-state index in [0.29, 0.717) is 23.0 Å². The van der Waals surface area contributed by atoms with Crippen LogP contribution in [0.4, 0.5) is 0 Å². The van der Waals surface area contributed by atoms with Gasteiger partial charge in [-0.1, -0.05) is 47.1 Å². The first kappa shape index (κ1) is 17.5. The van der Waals surface area contributed by atoms with Gasteiger partial charge >= 0.3 is 5.97 Å². The molecule has 134 valence electrons. The third-order valence-electron chi connectivity index (χ3n) is 3.69. The van der Waals surface area contributed by atoms with Crippen LogP contribution in [0.5, 0.6) is 11.5 Å². The summed E-state index contributed by atoms with van der Waals surface area (Å²) in [7, 11) is 1.54. The molecule has 6 nitrogen and oxygen atoms in total. The van der Waals surface area contributed by atoms with Crippen LogP contribution in [0, 0.1) is 6.92 Å². The van der Waals surface area contributed by atoms with Crippen molar-refractivity contribution in [3.05, 3.63) is 65.9 Å². The van der Waals surface area contributed by atoms with E-state index in [2.05, 4.69) is 5.16 Å². The third kappa shape index (κ3) is 4.42. The summed E-state index contributed by atoms with van der Waals surface area (Å²) >= 11 is 0. The molecule has 0 spiro atoms. The quantitative estimate of drug-likeness (QED) is 0.602. The molecule has 3 rings (SSSR count). The smallest absolute Gasteiger partial charge is 0.344 e. The number of methoxy groups -OCH3 is 1. The first-order valence-electron chi connectivity index (χ1n) is 8.10. The SMILES string of the molecule is COc1ccccc1OCC(=O)OCc1cc(-c2ccc(C)cc2)on1. The van der Waals surface area contributed by atoms with Crippen LogP contribution in [-0.4, -0.2) is 24.8 Å². The average Bonchev–Trinajstić information content (AvgIpc) is 3.14. The fraction of sp³-hybridized carbons (Fsp3) is 0.200. The maximum Gasteiger partial charge on any atom is 0.344 e. The zero-order valence-electron chi connectivity index (χ0n) is 14.6. The van der Waals surface area contributed by atoms with E-state index in [0.717, 1.165) is 11.1 Å². The van der Waals surface area contributed by atoms with Crippen molar-refractivity contribution >= 4 is 5.97 Å². The summed E-state index contributed by atoms with van der Waals surface area (Å²) in [5.74, 6) is 1.16. The third-order valence-corrected chi connectivity index (χ3v) is 3.69. The maximum atomic E-state index is 11.9. The number of benzene rings is 2. The van der Waals surface area contributed by atoms with Crippen molar-refractivity contribution in [3.63, 3.8) is 0 Å². The van der Waals surface area contributed by atoms with Crippen molar-refractivity contribution < 1.29 is 23.5 Å². The normalized spacial score (nSPS) is 10.4. The van der Waals surface area contributed by atoms with Crippen LogP contribution < -0.4 is 9.47 Å². The number of aromatic nitrogens is 1. The fourth-order valence-corrected chi connectivity index (χ4v) is 2.30. The zero-order chi connectivity index (χ0) is 18.4. The summed E-state index contributed by atoms with van der Waals surface area (Å²) in [6, 6.07) is 16.7. The van der Waals surface area contributed by atoms with Gasteiger partial charge in [-0.25, -0.2) is 4.79 Å². The van der Waals surface area contributed by atoms with Gasteiger partial charge in [0.15, 0.2) is 23.9 Å². The molecule has 6 heteroatoms. The molecular weight excluding hydrogens is 334 g/mol. The van der Waals surface area contributed by atoms with Gasteiger partial charge in [-0.15, -0.1) is 0 Å². The number of aryl methyl sites for hydroxylation is 1. The summed E-state index contributed by atoms with van der Waals surface area (Å²) in [5.41, 5.74) is 2.61. The average molecular weight is 353 g/mol. The van der Waals surface area contributed by atoms with Gasteiger partial charge in [0.1, 0.15) is 12.3 Å². The topological polar surface area (TPSA) is 70.8 Å².